The Hall–Kier alpha value is -0.260. The van der Waals surface area contributed by atoms with E-state index in [0.29, 0.717) is 0 Å². The van der Waals surface area contributed by atoms with E-state index in [0.717, 1.165) is 11.8 Å². The summed E-state index contributed by atoms with van der Waals surface area (Å²) in [7, 11) is 0. The van der Waals surface area contributed by atoms with Crippen LogP contribution >= 0.6 is 0 Å². The lowest BCUT2D eigenvalue weighted by atomic mass is 9.91. The molecule has 0 N–H and O–H groups in total. The van der Waals surface area contributed by atoms with Crippen molar-refractivity contribution in [3.05, 3.63) is 12.2 Å². The van der Waals surface area contributed by atoms with Crippen LogP contribution in [0.3, 0.4) is 0 Å². The third-order valence-electron chi connectivity index (χ3n) is 2.45. The zero-order valence-electron chi connectivity index (χ0n) is 7.84. The SMILES string of the molecule is CC(C)CC1CCC=CCC1. The van der Waals surface area contributed by atoms with Gasteiger partial charge in [-0.2, -0.15) is 0 Å². The number of hydrogen-bond donors (Lipinski definition) is 0. The molecule has 0 aliphatic heterocycles. The molecule has 0 unspecified atom stereocenters. The Morgan fingerprint density at radius 1 is 1.18 bits per heavy atom. The summed E-state index contributed by atoms with van der Waals surface area (Å²) in [5.41, 5.74) is 0. The van der Waals surface area contributed by atoms with E-state index < -0.39 is 0 Å². The Morgan fingerprint density at radius 2 is 1.73 bits per heavy atom. The fourth-order valence-electron chi connectivity index (χ4n) is 1.95. The number of rotatable bonds is 2. The van der Waals surface area contributed by atoms with E-state index in [9.17, 15) is 0 Å². The van der Waals surface area contributed by atoms with E-state index in [1.54, 1.807) is 0 Å². The van der Waals surface area contributed by atoms with Crippen LogP contribution in [0.15, 0.2) is 12.2 Å². The van der Waals surface area contributed by atoms with Gasteiger partial charge >= 0.3 is 0 Å². The zero-order valence-corrected chi connectivity index (χ0v) is 7.84. The zero-order chi connectivity index (χ0) is 8.10. The minimum absolute atomic E-state index is 0.887. The predicted octanol–water partition coefficient (Wildman–Crippen LogP) is 3.78. The van der Waals surface area contributed by atoms with Crippen LogP contribution in [0, 0.1) is 11.8 Å². The highest BCUT2D eigenvalue weighted by atomic mass is 14.2. The van der Waals surface area contributed by atoms with Gasteiger partial charge in [0.05, 0.1) is 0 Å². The maximum atomic E-state index is 2.35. The molecule has 1 aliphatic rings. The van der Waals surface area contributed by atoms with Crippen molar-refractivity contribution < 1.29 is 0 Å². The van der Waals surface area contributed by atoms with Crippen LogP contribution in [-0.4, -0.2) is 0 Å². The average molecular weight is 152 g/mol. The van der Waals surface area contributed by atoms with Crippen molar-refractivity contribution in [2.24, 2.45) is 11.8 Å². The molecule has 0 spiro atoms. The topological polar surface area (TPSA) is 0 Å². The van der Waals surface area contributed by atoms with Gasteiger partial charge in [0, 0.05) is 0 Å². The van der Waals surface area contributed by atoms with Gasteiger partial charge in [-0.05, 0) is 43.9 Å². The minimum Gasteiger partial charge on any atom is -0.0885 e. The maximum Gasteiger partial charge on any atom is -0.0348 e. The van der Waals surface area contributed by atoms with Crippen molar-refractivity contribution in [2.45, 2.75) is 46.0 Å². The van der Waals surface area contributed by atoms with Crippen molar-refractivity contribution in [1.29, 1.82) is 0 Å². The molecule has 0 aromatic carbocycles. The first-order valence-corrected chi connectivity index (χ1v) is 4.94. The number of allylic oxidation sites excluding steroid dienone is 2. The molecule has 0 radical (unpaired) electrons. The van der Waals surface area contributed by atoms with Gasteiger partial charge in [-0.15, -0.1) is 0 Å². The molecule has 0 aromatic heterocycles. The molecule has 0 bridgehead atoms. The van der Waals surface area contributed by atoms with Crippen LogP contribution in [0.2, 0.25) is 0 Å². The van der Waals surface area contributed by atoms with E-state index in [4.69, 9.17) is 0 Å². The monoisotopic (exact) mass is 152 g/mol. The van der Waals surface area contributed by atoms with Crippen molar-refractivity contribution in [3.8, 4) is 0 Å². The van der Waals surface area contributed by atoms with Gasteiger partial charge in [-0.25, -0.2) is 0 Å². The molecule has 0 amide bonds. The lowest BCUT2D eigenvalue weighted by Crippen LogP contribution is -2.02. The van der Waals surface area contributed by atoms with Crippen LogP contribution in [0.25, 0.3) is 0 Å². The standard InChI is InChI=1S/C11H20/c1-10(2)9-11-7-5-3-4-6-8-11/h3-4,10-11H,5-9H2,1-2H3. The normalized spacial score (nSPS) is 20.6. The van der Waals surface area contributed by atoms with E-state index in [-0.39, 0.29) is 0 Å². The first kappa shape index (κ1) is 8.83. The van der Waals surface area contributed by atoms with Gasteiger partial charge in [0.25, 0.3) is 0 Å². The Morgan fingerprint density at radius 3 is 2.18 bits per heavy atom. The van der Waals surface area contributed by atoms with Gasteiger partial charge in [0.1, 0.15) is 0 Å². The average Bonchev–Trinajstić information content (AvgIpc) is 2.14. The fourth-order valence-corrected chi connectivity index (χ4v) is 1.95. The predicted molar refractivity (Wildman–Crippen MR) is 50.6 cm³/mol. The summed E-state index contributed by atoms with van der Waals surface area (Å²) in [6, 6.07) is 0. The summed E-state index contributed by atoms with van der Waals surface area (Å²) < 4.78 is 0. The molecule has 1 aliphatic carbocycles. The Labute approximate surface area is 70.7 Å². The summed E-state index contributed by atoms with van der Waals surface area (Å²) in [6.07, 6.45) is 11.6. The summed E-state index contributed by atoms with van der Waals surface area (Å²) in [6.45, 7) is 4.66. The third kappa shape index (κ3) is 3.60. The molecule has 11 heavy (non-hydrogen) atoms. The van der Waals surface area contributed by atoms with Crippen LogP contribution in [0.5, 0.6) is 0 Å². The second-order valence-corrected chi connectivity index (χ2v) is 4.12. The second-order valence-electron chi connectivity index (χ2n) is 4.12. The summed E-state index contributed by atoms with van der Waals surface area (Å²) in [4.78, 5) is 0. The molecule has 0 fully saturated rings. The molecule has 0 aromatic rings. The van der Waals surface area contributed by atoms with E-state index in [2.05, 4.69) is 26.0 Å². The number of hydrogen-bond acceptors (Lipinski definition) is 0. The highest BCUT2D eigenvalue weighted by molar-refractivity contribution is 4.86. The molecule has 0 atom stereocenters. The maximum absolute atomic E-state index is 2.35. The largest absolute Gasteiger partial charge is 0.0885 e. The second kappa shape index (κ2) is 4.58. The van der Waals surface area contributed by atoms with Crippen LogP contribution < -0.4 is 0 Å². The summed E-state index contributed by atoms with van der Waals surface area (Å²) >= 11 is 0. The lowest BCUT2D eigenvalue weighted by molar-refractivity contribution is 0.374. The fraction of sp³-hybridized carbons (Fsp3) is 0.818. The lowest BCUT2D eigenvalue weighted by Gasteiger charge is -2.15. The van der Waals surface area contributed by atoms with Crippen molar-refractivity contribution in [2.75, 3.05) is 0 Å². The molecular formula is C11H20. The molecule has 0 heterocycles. The molecular weight excluding hydrogens is 132 g/mol. The molecule has 1 rings (SSSR count). The first-order chi connectivity index (χ1) is 5.29. The third-order valence-corrected chi connectivity index (χ3v) is 2.45. The quantitative estimate of drug-likeness (QED) is 0.528. The first-order valence-electron chi connectivity index (χ1n) is 4.94. The van der Waals surface area contributed by atoms with Gasteiger partial charge in [-0.1, -0.05) is 26.0 Å². The summed E-state index contributed by atoms with van der Waals surface area (Å²) in [5.74, 6) is 1.89. The van der Waals surface area contributed by atoms with E-state index in [1.165, 1.54) is 32.1 Å². The smallest absolute Gasteiger partial charge is 0.0348 e. The Kier molecular flexibility index (Phi) is 3.68. The highest BCUT2D eigenvalue weighted by Crippen LogP contribution is 2.24. The summed E-state index contributed by atoms with van der Waals surface area (Å²) in [5, 5.41) is 0. The Bertz CT molecular complexity index is 112. The van der Waals surface area contributed by atoms with E-state index >= 15 is 0 Å². The van der Waals surface area contributed by atoms with Crippen LogP contribution in [0.1, 0.15) is 46.0 Å². The molecule has 0 nitrogen and oxygen atoms in total. The molecule has 0 heteroatoms. The Balaban J connectivity index is 2.23. The van der Waals surface area contributed by atoms with Gasteiger partial charge in [-0.3, -0.25) is 0 Å². The molecule has 0 saturated carbocycles. The van der Waals surface area contributed by atoms with Gasteiger partial charge in [0.2, 0.25) is 0 Å². The van der Waals surface area contributed by atoms with Crippen LogP contribution in [-0.2, 0) is 0 Å². The van der Waals surface area contributed by atoms with Gasteiger partial charge < -0.3 is 0 Å². The molecule has 0 saturated heterocycles. The van der Waals surface area contributed by atoms with Crippen molar-refractivity contribution in [3.63, 3.8) is 0 Å². The molecule has 64 valence electrons. The van der Waals surface area contributed by atoms with Gasteiger partial charge in [0.15, 0.2) is 0 Å². The van der Waals surface area contributed by atoms with E-state index in [1.807, 2.05) is 0 Å². The highest BCUT2D eigenvalue weighted by Gasteiger charge is 2.10. The van der Waals surface area contributed by atoms with Crippen molar-refractivity contribution in [1.82, 2.24) is 0 Å². The van der Waals surface area contributed by atoms with Crippen molar-refractivity contribution >= 4 is 0 Å². The minimum atomic E-state index is 0.887. The van der Waals surface area contributed by atoms with Crippen LogP contribution in [0.4, 0.5) is 0 Å².